The molecule has 2 rings (SSSR count). The number of carbonyl (C=O) groups is 1. The second-order valence-corrected chi connectivity index (χ2v) is 6.16. The van der Waals surface area contributed by atoms with Gasteiger partial charge in [-0.15, -0.1) is 0 Å². The Morgan fingerprint density at radius 1 is 1.47 bits per heavy atom. The van der Waals surface area contributed by atoms with E-state index < -0.39 is 5.54 Å². The van der Waals surface area contributed by atoms with Crippen LogP contribution in [0.1, 0.15) is 39.0 Å². The number of amides is 1. The van der Waals surface area contributed by atoms with Crippen molar-refractivity contribution in [2.75, 3.05) is 20.3 Å². The summed E-state index contributed by atoms with van der Waals surface area (Å²) in [6.07, 6.45) is 4.71. The summed E-state index contributed by atoms with van der Waals surface area (Å²) >= 11 is 0. The Labute approximate surface area is 115 Å². The van der Waals surface area contributed by atoms with Crippen LogP contribution in [0.15, 0.2) is 0 Å². The van der Waals surface area contributed by atoms with E-state index in [1.54, 1.807) is 7.11 Å². The number of ether oxygens (including phenoxy) is 1. The molecule has 5 nitrogen and oxygen atoms in total. The van der Waals surface area contributed by atoms with Crippen molar-refractivity contribution in [3.8, 4) is 0 Å². The summed E-state index contributed by atoms with van der Waals surface area (Å²) < 4.78 is 5.26. The topological polar surface area (TPSA) is 70.6 Å². The molecule has 1 aliphatic heterocycles. The summed E-state index contributed by atoms with van der Waals surface area (Å²) in [6, 6.07) is -0.187. The quantitative estimate of drug-likeness (QED) is 0.692. The highest BCUT2D eigenvalue weighted by Gasteiger charge is 2.38. The molecule has 0 spiro atoms. The summed E-state index contributed by atoms with van der Waals surface area (Å²) in [7, 11) is 1.67. The predicted octanol–water partition coefficient (Wildman–Crippen LogP) is 0.421. The van der Waals surface area contributed by atoms with Gasteiger partial charge in [0.2, 0.25) is 5.91 Å². The van der Waals surface area contributed by atoms with Crippen molar-refractivity contribution < 1.29 is 14.6 Å². The maximum absolute atomic E-state index is 12.3. The van der Waals surface area contributed by atoms with Gasteiger partial charge in [-0.25, -0.2) is 0 Å². The third-order valence-electron chi connectivity index (χ3n) is 4.66. The van der Waals surface area contributed by atoms with E-state index in [0.717, 1.165) is 32.2 Å². The van der Waals surface area contributed by atoms with E-state index in [1.165, 1.54) is 0 Å². The van der Waals surface area contributed by atoms with Crippen molar-refractivity contribution in [1.82, 2.24) is 10.6 Å². The van der Waals surface area contributed by atoms with Crippen LogP contribution in [0.4, 0.5) is 0 Å². The van der Waals surface area contributed by atoms with Gasteiger partial charge in [-0.1, -0.05) is 6.92 Å². The zero-order valence-corrected chi connectivity index (χ0v) is 11.9. The Hall–Kier alpha value is -0.650. The van der Waals surface area contributed by atoms with E-state index in [2.05, 4.69) is 17.6 Å². The third kappa shape index (κ3) is 3.46. The average molecular weight is 270 g/mol. The number of carbonyl (C=O) groups excluding carboxylic acids is 1. The highest BCUT2D eigenvalue weighted by molar-refractivity contribution is 5.83. The minimum Gasteiger partial charge on any atom is -0.394 e. The molecular formula is C14H26N2O3. The molecular weight excluding hydrogens is 244 g/mol. The molecule has 1 amide bonds. The molecule has 5 heteroatoms. The van der Waals surface area contributed by atoms with Crippen LogP contribution in [0.25, 0.3) is 0 Å². The van der Waals surface area contributed by atoms with E-state index in [-0.39, 0.29) is 24.7 Å². The predicted molar refractivity (Wildman–Crippen MR) is 72.8 cm³/mol. The van der Waals surface area contributed by atoms with Crippen LogP contribution in [0.3, 0.4) is 0 Å². The van der Waals surface area contributed by atoms with Gasteiger partial charge >= 0.3 is 0 Å². The molecule has 1 saturated heterocycles. The van der Waals surface area contributed by atoms with E-state index in [9.17, 15) is 9.90 Å². The number of aliphatic hydroxyl groups excluding tert-OH is 1. The SMILES string of the molecule is COC1CNC(C(=O)NC2(CO)CCC(C)CC2)C1. The Morgan fingerprint density at radius 3 is 2.68 bits per heavy atom. The summed E-state index contributed by atoms with van der Waals surface area (Å²) in [5.74, 6) is 0.696. The van der Waals surface area contributed by atoms with Crippen molar-refractivity contribution in [3.63, 3.8) is 0 Å². The van der Waals surface area contributed by atoms with Crippen molar-refractivity contribution in [1.29, 1.82) is 0 Å². The van der Waals surface area contributed by atoms with Gasteiger partial charge in [-0.3, -0.25) is 4.79 Å². The molecule has 0 aromatic carbocycles. The van der Waals surface area contributed by atoms with Gasteiger partial charge in [0, 0.05) is 13.7 Å². The second-order valence-electron chi connectivity index (χ2n) is 6.16. The van der Waals surface area contributed by atoms with Gasteiger partial charge in [0.25, 0.3) is 0 Å². The van der Waals surface area contributed by atoms with Crippen molar-refractivity contribution >= 4 is 5.91 Å². The minimum absolute atomic E-state index is 0.00292. The lowest BCUT2D eigenvalue weighted by Crippen LogP contribution is -2.57. The van der Waals surface area contributed by atoms with Crippen molar-refractivity contribution in [2.45, 2.75) is 56.7 Å². The molecule has 0 aromatic heterocycles. The molecule has 2 unspecified atom stereocenters. The van der Waals surface area contributed by atoms with Gasteiger partial charge in [0.1, 0.15) is 0 Å². The van der Waals surface area contributed by atoms with Crippen LogP contribution in [0, 0.1) is 5.92 Å². The van der Waals surface area contributed by atoms with E-state index in [4.69, 9.17) is 4.74 Å². The molecule has 1 saturated carbocycles. The Morgan fingerprint density at radius 2 is 2.16 bits per heavy atom. The van der Waals surface area contributed by atoms with Gasteiger partial charge in [-0.2, -0.15) is 0 Å². The normalized spacial score (nSPS) is 39.2. The first-order valence-electron chi connectivity index (χ1n) is 7.27. The Kier molecular flexibility index (Phi) is 4.81. The molecule has 2 fully saturated rings. The van der Waals surface area contributed by atoms with Crippen molar-refractivity contribution in [2.24, 2.45) is 5.92 Å². The molecule has 19 heavy (non-hydrogen) atoms. The molecule has 3 N–H and O–H groups in total. The van der Waals surface area contributed by atoms with E-state index in [0.29, 0.717) is 12.3 Å². The summed E-state index contributed by atoms with van der Waals surface area (Å²) in [4.78, 5) is 12.3. The molecule has 0 radical (unpaired) electrons. The fraction of sp³-hybridized carbons (Fsp3) is 0.929. The standard InChI is InChI=1S/C14H26N2O3/c1-10-3-5-14(9-17,6-4-10)16-13(18)12-7-11(19-2)8-15-12/h10-12,15,17H,3-9H2,1-2H3,(H,16,18). The largest absolute Gasteiger partial charge is 0.394 e. The first kappa shape index (κ1) is 14.8. The molecule has 1 aliphatic carbocycles. The van der Waals surface area contributed by atoms with Gasteiger partial charge < -0.3 is 20.5 Å². The maximum Gasteiger partial charge on any atom is 0.237 e. The fourth-order valence-corrected chi connectivity index (χ4v) is 3.07. The Bertz CT molecular complexity index is 314. The molecule has 1 heterocycles. The summed E-state index contributed by atoms with van der Waals surface area (Å²) in [6.45, 7) is 2.98. The maximum atomic E-state index is 12.3. The van der Waals surface area contributed by atoms with Crippen LogP contribution in [0.5, 0.6) is 0 Å². The number of nitrogens with one attached hydrogen (secondary N) is 2. The zero-order chi connectivity index (χ0) is 13.9. The van der Waals surface area contributed by atoms with Crippen molar-refractivity contribution in [3.05, 3.63) is 0 Å². The van der Waals surface area contributed by atoms with Crippen LogP contribution in [-0.2, 0) is 9.53 Å². The lowest BCUT2D eigenvalue weighted by atomic mass is 9.77. The lowest BCUT2D eigenvalue weighted by Gasteiger charge is -2.39. The van der Waals surface area contributed by atoms with Crippen LogP contribution >= 0.6 is 0 Å². The Balaban J connectivity index is 1.90. The number of aliphatic hydroxyl groups is 1. The monoisotopic (exact) mass is 270 g/mol. The molecule has 0 aromatic rings. The lowest BCUT2D eigenvalue weighted by molar-refractivity contribution is -0.126. The second kappa shape index (κ2) is 6.20. The fourth-order valence-electron chi connectivity index (χ4n) is 3.07. The highest BCUT2D eigenvalue weighted by Crippen LogP contribution is 2.31. The summed E-state index contributed by atoms with van der Waals surface area (Å²) in [5, 5.41) is 15.9. The smallest absolute Gasteiger partial charge is 0.237 e. The number of methoxy groups -OCH3 is 1. The van der Waals surface area contributed by atoms with Gasteiger partial charge in [0.05, 0.1) is 24.3 Å². The summed E-state index contributed by atoms with van der Waals surface area (Å²) in [5.41, 5.74) is -0.406. The first-order valence-corrected chi connectivity index (χ1v) is 7.27. The minimum atomic E-state index is -0.406. The van der Waals surface area contributed by atoms with Crippen LogP contribution < -0.4 is 10.6 Å². The number of rotatable bonds is 4. The number of hydrogen-bond acceptors (Lipinski definition) is 4. The molecule has 2 atom stereocenters. The van der Waals surface area contributed by atoms with E-state index >= 15 is 0 Å². The molecule has 2 aliphatic rings. The highest BCUT2D eigenvalue weighted by atomic mass is 16.5. The van der Waals surface area contributed by atoms with Crippen LogP contribution in [-0.4, -0.2) is 49.0 Å². The van der Waals surface area contributed by atoms with Gasteiger partial charge in [-0.05, 0) is 38.0 Å². The average Bonchev–Trinajstić information content (AvgIpc) is 2.91. The molecule has 0 bridgehead atoms. The number of hydrogen-bond donors (Lipinski definition) is 3. The van der Waals surface area contributed by atoms with E-state index in [1.807, 2.05) is 0 Å². The first-order chi connectivity index (χ1) is 9.08. The van der Waals surface area contributed by atoms with Gasteiger partial charge in [0.15, 0.2) is 0 Å². The zero-order valence-electron chi connectivity index (χ0n) is 11.9. The molecule has 110 valence electrons. The van der Waals surface area contributed by atoms with Crippen LogP contribution in [0.2, 0.25) is 0 Å². The third-order valence-corrected chi connectivity index (χ3v) is 4.66.